The van der Waals surface area contributed by atoms with E-state index in [0.717, 1.165) is 11.1 Å². The van der Waals surface area contributed by atoms with Crippen LogP contribution in [0.5, 0.6) is 0 Å². The SMILES string of the molecule is CC(C)(F)CCOC(C)(C)c1ccc2c(c1)[nH]c1sc3ccccc3c12. The predicted molar refractivity (Wildman–Crippen MR) is 110 cm³/mol. The van der Waals surface area contributed by atoms with Crippen LogP contribution in [-0.2, 0) is 10.3 Å². The van der Waals surface area contributed by atoms with Crippen LogP contribution in [0.3, 0.4) is 0 Å². The van der Waals surface area contributed by atoms with Gasteiger partial charge in [-0.1, -0.05) is 30.3 Å². The van der Waals surface area contributed by atoms with Gasteiger partial charge in [-0.25, -0.2) is 4.39 Å². The van der Waals surface area contributed by atoms with Crippen molar-refractivity contribution in [1.82, 2.24) is 4.98 Å². The molecular formula is C22H24FNOS. The Hall–Kier alpha value is -1.91. The lowest BCUT2D eigenvalue weighted by atomic mass is 9.96. The number of nitrogens with one attached hydrogen (secondary N) is 1. The van der Waals surface area contributed by atoms with Crippen LogP contribution in [0.15, 0.2) is 42.5 Å². The Bertz CT molecular complexity index is 1080. The molecule has 0 spiro atoms. The average molecular weight is 370 g/mol. The molecule has 0 radical (unpaired) electrons. The van der Waals surface area contributed by atoms with E-state index in [9.17, 15) is 4.39 Å². The number of ether oxygens (including phenoxy) is 1. The van der Waals surface area contributed by atoms with Crippen molar-refractivity contribution in [1.29, 1.82) is 0 Å². The summed E-state index contributed by atoms with van der Waals surface area (Å²) in [5.74, 6) is 0. The fraction of sp³-hybridized carbons (Fsp3) is 0.364. The van der Waals surface area contributed by atoms with Crippen molar-refractivity contribution in [2.24, 2.45) is 0 Å². The Balaban J connectivity index is 1.70. The number of benzene rings is 2. The van der Waals surface area contributed by atoms with Crippen molar-refractivity contribution < 1.29 is 9.13 Å². The Morgan fingerprint density at radius 2 is 1.81 bits per heavy atom. The molecule has 2 nitrogen and oxygen atoms in total. The van der Waals surface area contributed by atoms with E-state index in [1.807, 2.05) is 13.8 Å². The summed E-state index contributed by atoms with van der Waals surface area (Å²) in [6.45, 7) is 7.66. The number of thiophene rings is 1. The molecular weight excluding hydrogens is 345 g/mol. The van der Waals surface area contributed by atoms with E-state index in [1.54, 1.807) is 25.2 Å². The van der Waals surface area contributed by atoms with E-state index in [2.05, 4.69) is 47.4 Å². The Kier molecular flexibility index (Phi) is 4.08. The molecule has 0 fully saturated rings. The maximum atomic E-state index is 13.7. The maximum absolute atomic E-state index is 13.7. The van der Waals surface area contributed by atoms with Crippen LogP contribution in [0, 0.1) is 0 Å². The van der Waals surface area contributed by atoms with E-state index in [0.29, 0.717) is 13.0 Å². The van der Waals surface area contributed by atoms with Crippen LogP contribution < -0.4 is 0 Å². The lowest BCUT2D eigenvalue weighted by Crippen LogP contribution is -2.25. The summed E-state index contributed by atoms with van der Waals surface area (Å²) in [6, 6.07) is 15.0. The van der Waals surface area contributed by atoms with Gasteiger partial charge in [-0.2, -0.15) is 0 Å². The molecule has 0 aliphatic rings. The number of alkyl halides is 1. The van der Waals surface area contributed by atoms with Crippen LogP contribution in [0.4, 0.5) is 4.39 Å². The number of aromatic nitrogens is 1. The first kappa shape index (κ1) is 17.5. The number of H-pyrrole nitrogens is 1. The molecule has 4 heteroatoms. The van der Waals surface area contributed by atoms with Crippen molar-refractivity contribution >= 4 is 42.5 Å². The first-order valence-corrected chi connectivity index (χ1v) is 9.83. The fourth-order valence-corrected chi connectivity index (χ4v) is 4.53. The largest absolute Gasteiger partial charge is 0.371 e. The number of hydrogen-bond donors (Lipinski definition) is 1. The molecule has 0 saturated carbocycles. The van der Waals surface area contributed by atoms with E-state index in [1.165, 1.54) is 25.7 Å². The van der Waals surface area contributed by atoms with Crippen molar-refractivity contribution in [3.8, 4) is 0 Å². The highest BCUT2D eigenvalue weighted by Gasteiger charge is 2.24. The van der Waals surface area contributed by atoms with Gasteiger partial charge in [-0.3, -0.25) is 0 Å². The normalized spacial score (nSPS) is 13.3. The molecule has 0 saturated heterocycles. The first-order chi connectivity index (χ1) is 12.2. The summed E-state index contributed by atoms with van der Waals surface area (Å²) in [4.78, 5) is 4.77. The smallest absolute Gasteiger partial charge is 0.107 e. The molecule has 1 N–H and O–H groups in total. The van der Waals surface area contributed by atoms with Gasteiger partial charge in [-0.05, 0) is 45.4 Å². The molecule has 0 atom stereocenters. The lowest BCUT2D eigenvalue weighted by Gasteiger charge is -2.27. The lowest BCUT2D eigenvalue weighted by molar-refractivity contribution is -0.0361. The predicted octanol–water partition coefficient (Wildman–Crippen LogP) is 6.93. The maximum Gasteiger partial charge on any atom is 0.107 e. The van der Waals surface area contributed by atoms with Gasteiger partial charge in [-0.15, -0.1) is 11.3 Å². The molecule has 26 heavy (non-hydrogen) atoms. The van der Waals surface area contributed by atoms with Crippen LogP contribution >= 0.6 is 11.3 Å². The van der Waals surface area contributed by atoms with Gasteiger partial charge < -0.3 is 9.72 Å². The van der Waals surface area contributed by atoms with Crippen LogP contribution in [-0.4, -0.2) is 17.3 Å². The standard InChI is InChI=1S/C22H24FNOS/c1-21(2,23)11-12-25-22(3,4)14-9-10-15-17(13-14)24-20-19(15)16-7-5-6-8-18(16)26-20/h5-10,13,24H,11-12H2,1-4H3. The van der Waals surface area contributed by atoms with Crippen LogP contribution in [0.1, 0.15) is 39.7 Å². The molecule has 0 unspecified atom stereocenters. The Morgan fingerprint density at radius 1 is 1.04 bits per heavy atom. The monoisotopic (exact) mass is 369 g/mol. The van der Waals surface area contributed by atoms with Gasteiger partial charge in [0.05, 0.1) is 12.2 Å². The molecule has 4 rings (SSSR count). The second-order valence-electron chi connectivity index (χ2n) is 8.02. The third-order valence-electron chi connectivity index (χ3n) is 4.99. The van der Waals surface area contributed by atoms with E-state index in [4.69, 9.17) is 4.74 Å². The number of fused-ring (bicyclic) bond motifs is 5. The highest BCUT2D eigenvalue weighted by Crippen LogP contribution is 2.39. The Labute approximate surface area is 157 Å². The zero-order valence-electron chi connectivity index (χ0n) is 15.7. The van der Waals surface area contributed by atoms with Gasteiger partial charge in [0.2, 0.25) is 0 Å². The van der Waals surface area contributed by atoms with Crippen molar-refractivity contribution in [2.75, 3.05) is 6.61 Å². The van der Waals surface area contributed by atoms with Crippen LogP contribution in [0.2, 0.25) is 0 Å². The van der Waals surface area contributed by atoms with E-state index >= 15 is 0 Å². The minimum Gasteiger partial charge on any atom is -0.371 e. The number of halogens is 1. The van der Waals surface area contributed by atoms with Crippen molar-refractivity contribution in [2.45, 2.75) is 45.4 Å². The summed E-state index contributed by atoms with van der Waals surface area (Å²) >= 11 is 1.79. The summed E-state index contributed by atoms with van der Waals surface area (Å²) in [5.41, 5.74) is 0.558. The third kappa shape index (κ3) is 3.12. The molecule has 2 aromatic heterocycles. The molecule has 0 amide bonds. The van der Waals surface area contributed by atoms with E-state index < -0.39 is 11.3 Å². The second kappa shape index (κ2) is 6.07. The highest BCUT2D eigenvalue weighted by atomic mass is 32.1. The topological polar surface area (TPSA) is 25.0 Å². The highest BCUT2D eigenvalue weighted by molar-refractivity contribution is 7.25. The second-order valence-corrected chi connectivity index (χ2v) is 9.07. The molecule has 0 bridgehead atoms. The fourth-order valence-electron chi connectivity index (χ4n) is 3.40. The van der Waals surface area contributed by atoms with Gasteiger partial charge in [0.1, 0.15) is 10.5 Å². The molecule has 2 aromatic carbocycles. The zero-order valence-corrected chi connectivity index (χ0v) is 16.5. The van der Waals surface area contributed by atoms with Gasteiger partial charge in [0.15, 0.2) is 0 Å². The van der Waals surface area contributed by atoms with Crippen LogP contribution in [0.25, 0.3) is 31.2 Å². The molecule has 0 aliphatic heterocycles. The zero-order chi connectivity index (χ0) is 18.5. The summed E-state index contributed by atoms with van der Waals surface area (Å²) in [5, 5.41) is 3.83. The number of hydrogen-bond acceptors (Lipinski definition) is 2. The first-order valence-electron chi connectivity index (χ1n) is 9.01. The van der Waals surface area contributed by atoms with Crippen molar-refractivity contribution in [3.63, 3.8) is 0 Å². The summed E-state index contributed by atoms with van der Waals surface area (Å²) < 4.78 is 21.0. The van der Waals surface area contributed by atoms with Crippen molar-refractivity contribution in [3.05, 3.63) is 48.0 Å². The minimum absolute atomic E-state index is 0.392. The summed E-state index contributed by atoms with van der Waals surface area (Å²) in [6.07, 6.45) is 0.392. The summed E-state index contributed by atoms with van der Waals surface area (Å²) in [7, 11) is 0. The molecule has 2 heterocycles. The molecule has 136 valence electrons. The Morgan fingerprint density at radius 3 is 2.58 bits per heavy atom. The minimum atomic E-state index is -1.20. The van der Waals surface area contributed by atoms with Gasteiger partial charge in [0.25, 0.3) is 0 Å². The molecule has 0 aliphatic carbocycles. The average Bonchev–Trinajstić information content (AvgIpc) is 3.07. The van der Waals surface area contributed by atoms with E-state index in [-0.39, 0.29) is 0 Å². The number of rotatable bonds is 5. The third-order valence-corrected chi connectivity index (χ3v) is 6.07. The molecule has 4 aromatic rings. The quantitative estimate of drug-likeness (QED) is 0.405. The van der Waals surface area contributed by atoms with Gasteiger partial charge in [0, 0.05) is 32.8 Å². The van der Waals surface area contributed by atoms with Gasteiger partial charge >= 0.3 is 0 Å². The number of aromatic amines is 1.